The van der Waals surface area contributed by atoms with Gasteiger partial charge in [0.25, 0.3) is 0 Å². The van der Waals surface area contributed by atoms with Gasteiger partial charge in [-0.25, -0.2) is 9.67 Å². The number of hydrogen-bond acceptors (Lipinski definition) is 5. The highest BCUT2D eigenvalue weighted by molar-refractivity contribution is 5.78. The molecule has 9 heteroatoms. The van der Waals surface area contributed by atoms with Crippen molar-refractivity contribution in [2.24, 2.45) is 5.41 Å². The highest BCUT2D eigenvalue weighted by atomic mass is 19.4. The maximum Gasteiger partial charge on any atom is 0.573 e. The summed E-state index contributed by atoms with van der Waals surface area (Å²) in [5.41, 5.74) is 0.931. The van der Waals surface area contributed by atoms with Crippen molar-refractivity contribution in [1.29, 1.82) is 0 Å². The maximum absolute atomic E-state index is 12.2. The van der Waals surface area contributed by atoms with Crippen LogP contribution in [0.1, 0.15) is 32.0 Å². The fraction of sp³-hybridized carbons (Fsp3) is 0.389. The number of nitrogens with zero attached hydrogens (tertiary/aromatic N) is 3. The fourth-order valence-electron chi connectivity index (χ4n) is 2.93. The van der Waals surface area contributed by atoms with Crippen LogP contribution in [0.3, 0.4) is 0 Å². The molecule has 1 atom stereocenters. The number of hydrogen-bond donors (Lipinski definition) is 0. The van der Waals surface area contributed by atoms with Crippen molar-refractivity contribution in [3.05, 3.63) is 42.5 Å². The van der Waals surface area contributed by atoms with Crippen LogP contribution < -0.4 is 4.74 Å². The van der Waals surface area contributed by atoms with Crippen molar-refractivity contribution in [2.45, 2.75) is 32.5 Å². The third-order valence-corrected chi connectivity index (χ3v) is 4.54. The van der Waals surface area contributed by atoms with Crippen molar-refractivity contribution in [2.75, 3.05) is 7.11 Å². The third kappa shape index (κ3) is 4.29. The van der Waals surface area contributed by atoms with Gasteiger partial charge in [0.1, 0.15) is 12.1 Å². The van der Waals surface area contributed by atoms with E-state index in [4.69, 9.17) is 4.74 Å². The van der Waals surface area contributed by atoms with Crippen molar-refractivity contribution in [3.63, 3.8) is 0 Å². The van der Waals surface area contributed by atoms with Crippen molar-refractivity contribution >= 4 is 11.5 Å². The smallest absolute Gasteiger partial charge is 0.469 e. The first-order valence-electron chi connectivity index (χ1n) is 8.26. The first-order valence-corrected chi connectivity index (χ1v) is 8.26. The van der Waals surface area contributed by atoms with Gasteiger partial charge in [0.05, 0.1) is 18.2 Å². The molecule has 3 rings (SSSR count). The SMILES string of the molecule is COC(=O)C1(C)CC=C(c2ncn(-c3ccc(OC(F)(F)F)cc3)n2)CC1. The molecule has 0 bridgehead atoms. The number of alkyl halides is 3. The van der Waals surface area contributed by atoms with Crippen LogP contribution in [0.25, 0.3) is 11.3 Å². The van der Waals surface area contributed by atoms with Gasteiger partial charge in [-0.2, -0.15) is 0 Å². The zero-order valence-electron chi connectivity index (χ0n) is 14.8. The zero-order chi connectivity index (χ0) is 19.7. The Bertz CT molecular complexity index is 859. The van der Waals surface area contributed by atoms with Gasteiger partial charge < -0.3 is 9.47 Å². The molecule has 1 aromatic carbocycles. The first kappa shape index (κ1) is 18.9. The van der Waals surface area contributed by atoms with Crippen LogP contribution in [0.15, 0.2) is 36.7 Å². The molecule has 0 N–H and O–H groups in total. The minimum Gasteiger partial charge on any atom is -0.469 e. The average Bonchev–Trinajstić information content (AvgIpc) is 3.11. The highest BCUT2D eigenvalue weighted by Crippen LogP contribution is 2.38. The number of benzene rings is 1. The lowest BCUT2D eigenvalue weighted by atomic mass is 9.76. The van der Waals surface area contributed by atoms with Gasteiger partial charge in [-0.05, 0) is 56.0 Å². The number of methoxy groups -OCH3 is 1. The highest BCUT2D eigenvalue weighted by Gasteiger charge is 2.36. The number of halogens is 3. The molecular weight excluding hydrogens is 363 g/mol. The summed E-state index contributed by atoms with van der Waals surface area (Å²) in [6.45, 7) is 1.86. The van der Waals surface area contributed by atoms with Crippen LogP contribution in [0.4, 0.5) is 13.2 Å². The molecule has 0 fully saturated rings. The lowest BCUT2D eigenvalue weighted by Gasteiger charge is -2.29. The summed E-state index contributed by atoms with van der Waals surface area (Å²) >= 11 is 0. The van der Waals surface area contributed by atoms with Gasteiger partial charge in [-0.1, -0.05) is 6.08 Å². The Hall–Kier alpha value is -2.84. The van der Waals surface area contributed by atoms with E-state index in [2.05, 4.69) is 14.8 Å². The van der Waals surface area contributed by atoms with Crippen molar-refractivity contribution in [1.82, 2.24) is 14.8 Å². The predicted octanol–water partition coefficient (Wildman–Crippen LogP) is 3.91. The maximum atomic E-state index is 12.2. The summed E-state index contributed by atoms with van der Waals surface area (Å²) in [4.78, 5) is 16.1. The minimum absolute atomic E-state index is 0.238. The number of ether oxygens (including phenoxy) is 2. The van der Waals surface area contributed by atoms with Crippen LogP contribution in [-0.4, -0.2) is 34.2 Å². The Labute approximate surface area is 153 Å². The third-order valence-electron chi connectivity index (χ3n) is 4.54. The summed E-state index contributed by atoms with van der Waals surface area (Å²) in [5.74, 6) is -0.0151. The van der Waals surface area contributed by atoms with E-state index in [9.17, 15) is 18.0 Å². The van der Waals surface area contributed by atoms with Crippen molar-refractivity contribution in [3.8, 4) is 11.4 Å². The number of esters is 1. The second-order valence-corrected chi connectivity index (χ2v) is 6.54. The van der Waals surface area contributed by atoms with Gasteiger partial charge in [0.2, 0.25) is 0 Å². The van der Waals surface area contributed by atoms with Crippen LogP contribution >= 0.6 is 0 Å². The minimum atomic E-state index is -4.73. The standard InChI is InChI=1S/C18H18F3N3O3/c1-17(16(25)26-2)9-7-12(8-10-17)15-22-11-24(23-15)13-3-5-14(6-4-13)27-18(19,20)21/h3-7,11H,8-10H2,1-2H3. The molecule has 0 spiro atoms. The summed E-state index contributed by atoms with van der Waals surface area (Å²) in [6, 6.07) is 5.35. The monoisotopic (exact) mass is 381 g/mol. The average molecular weight is 381 g/mol. The number of carbonyl (C=O) groups is 1. The van der Waals surface area contributed by atoms with E-state index in [-0.39, 0.29) is 11.7 Å². The summed E-state index contributed by atoms with van der Waals surface area (Å²) in [5, 5.41) is 4.38. The van der Waals surface area contributed by atoms with Gasteiger partial charge in [0, 0.05) is 0 Å². The lowest BCUT2D eigenvalue weighted by Crippen LogP contribution is -2.30. The molecule has 0 saturated heterocycles. The molecule has 0 radical (unpaired) electrons. The topological polar surface area (TPSA) is 66.2 Å². The van der Waals surface area contributed by atoms with Gasteiger partial charge in [-0.15, -0.1) is 18.3 Å². The van der Waals surface area contributed by atoms with E-state index in [0.29, 0.717) is 30.8 Å². The van der Waals surface area contributed by atoms with E-state index in [1.807, 2.05) is 13.0 Å². The number of carbonyl (C=O) groups excluding carboxylic acids is 1. The van der Waals surface area contributed by atoms with E-state index in [1.54, 1.807) is 0 Å². The molecule has 27 heavy (non-hydrogen) atoms. The summed E-state index contributed by atoms with van der Waals surface area (Å²) < 4.78 is 46.8. The van der Waals surface area contributed by atoms with E-state index in [0.717, 1.165) is 5.57 Å². The fourth-order valence-corrected chi connectivity index (χ4v) is 2.93. The van der Waals surface area contributed by atoms with Crippen LogP contribution in [0, 0.1) is 5.41 Å². The normalized spacial score (nSPS) is 20.1. The van der Waals surface area contributed by atoms with Gasteiger partial charge in [0.15, 0.2) is 5.82 Å². The summed E-state index contributed by atoms with van der Waals surface area (Å²) in [6.07, 6.45) is 0.489. The Morgan fingerprint density at radius 3 is 2.52 bits per heavy atom. The Kier molecular flexibility index (Phi) is 4.95. The number of allylic oxidation sites excluding steroid dienone is 2. The van der Waals surface area contributed by atoms with Crippen LogP contribution in [0.5, 0.6) is 5.75 Å². The molecule has 6 nitrogen and oxygen atoms in total. The first-order chi connectivity index (χ1) is 12.7. The number of aromatic nitrogens is 3. The van der Waals surface area contributed by atoms with Gasteiger partial charge >= 0.3 is 12.3 Å². The second kappa shape index (κ2) is 7.05. The van der Waals surface area contributed by atoms with E-state index in [1.165, 1.54) is 42.4 Å². The lowest BCUT2D eigenvalue weighted by molar-refractivity contribution is -0.274. The molecule has 1 aliphatic carbocycles. The summed E-state index contributed by atoms with van der Waals surface area (Å²) in [7, 11) is 1.38. The Balaban J connectivity index is 1.73. The molecule has 1 heterocycles. The Morgan fingerprint density at radius 1 is 1.26 bits per heavy atom. The van der Waals surface area contributed by atoms with E-state index < -0.39 is 11.8 Å². The van der Waals surface area contributed by atoms with Crippen LogP contribution in [0.2, 0.25) is 0 Å². The molecule has 0 saturated carbocycles. The van der Waals surface area contributed by atoms with Crippen molar-refractivity contribution < 1.29 is 27.4 Å². The zero-order valence-corrected chi connectivity index (χ0v) is 14.8. The molecule has 2 aromatic rings. The number of rotatable bonds is 4. The molecule has 0 amide bonds. The molecule has 1 aliphatic rings. The van der Waals surface area contributed by atoms with Crippen LogP contribution in [-0.2, 0) is 9.53 Å². The largest absolute Gasteiger partial charge is 0.573 e. The predicted molar refractivity (Wildman–Crippen MR) is 90.0 cm³/mol. The quantitative estimate of drug-likeness (QED) is 0.752. The molecular formula is C18H18F3N3O3. The molecule has 0 aliphatic heterocycles. The molecule has 1 aromatic heterocycles. The second-order valence-electron chi connectivity index (χ2n) is 6.54. The van der Waals surface area contributed by atoms with Gasteiger partial charge in [-0.3, -0.25) is 4.79 Å². The molecule has 1 unspecified atom stereocenters. The van der Waals surface area contributed by atoms with E-state index >= 15 is 0 Å². The molecule has 144 valence electrons. The Morgan fingerprint density at radius 2 is 1.96 bits per heavy atom.